The maximum atomic E-state index is 12.2. The van der Waals surface area contributed by atoms with Crippen molar-refractivity contribution in [2.45, 2.75) is 56.9 Å². The molecule has 1 aromatic rings. The fourth-order valence-electron chi connectivity index (χ4n) is 2.14. The molecule has 0 aliphatic rings. The minimum absolute atomic E-state index is 0. The van der Waals surface area contributed by atoms with Gasteiger partial charge in [-0.3, -0.25) is 4.99 Å². The highest BCUT2D eigenvalue weighted by Crippen LogP contribution is 2.19. The van der Waals surface area contributed by atoms with E-state index in [1.54, 1.807) is 40.0 Å². The number of halogens is 1. The molecule has 0 atom stereocenters. The molecule has 0 saturated heterocycles. The molecule has 174 valence electrons. The third kappa shape index (κ3) is 11.3. The van der Waals surface area contributed by atoms with Crippen molar-refractivity contribution in [3.8, 4) is 0 Å². The first-order valence-electron chi connectivity index (χ1n) is 9.26. The van der Waals surface area contributed by atoms with Crippen LogP contribution < -0.4 is 20.7 Å². The predicted octanol–water partition coefficient (Wildman–Crippen LogP) is 2.42. The van der Waals surface area contributed by atoms with Crippen molar-refractivity contribution < 1.29 is 17.9 Å². The first-order chi connectivity index (χ1) is 13.2. The van der Waals surface area contributed by atoms with E-state index < -0.39 is 27.3 Å². The molecule has 0 unspecified atom stereocenters. The molecule has 0 saturated carbocycles. The summed E-state index contributed by atoms with van der Waals surface area (Å²) in [5.74, 6) is 0.496. The van der Waals surface area contributed by atoms with Crippen molar-refractivity contribution in [3.63, 3.8) is 0 Å². The Labute approximate surface area is 200 Å². The van der Waals surface area contributed by atoms with Crippen LogP contribution in [0.3, 0.4) is 0 Å². The standard InChI is InChI=1S/C18H33N5O4S2.HI/c1-13-8-9-14(28-13)29(25,26)22-11-10-20-15(19-7)21-12-18(5,6)23-16(24)27-17(2,3)4;/h8-9,22H,10-12H2,1-7H3,(H,23,24)(H2,19,20,21);1H. The van der Waals surface area contributed by atoms with Crippen LogP contribution in [0.5, 0.6) is 0 Å². The highest BCUT2D eigenvalue weighted by atomic mass is 127. The number of nitrogens with one attached hydrogen (secondary N) is 4. The summed E-state index contributed by atoms with van der Waals surface area (Å²) in [4.78, 5) is 17.0. The molecule has 0 spiro atoms. The summed E-state index contributed by atoms with van der Waals surface area (Å²) in [6.45, 7) is 11.9. The number of aryl methyl sites for hydroxylation is 1. The number of nitrogens with zero attached hydrogens (tertiary/aromatic N) is 1. The normalized spacial score (nSPS) is 12.7. The summed E-state index contributed by atoms with van der Waals surface area (Å²) >= 11 is 1.23. The van der Waals surface area contributed by atoms with Crippen LogP contribution in [0.15, 0.2) is 21.3 Å². The van der Waals surface area contributed by atoms with Gasteiger partial charge in [-0.25, -0.2) is 17.9 Å². The number of hydrogen-bond acceptors (Lipinski definition) is 6. The van der Waals surface area contributed by atoms with Gasteiger partial charge >= 0.3 is 6.09 Å². The number of amides is 1. The van der Waals surface area contributed by atoms with Gasteiger partial charge in [0.1, 0.15) is 9.81 Å². The number of ether oxygens (including phenoxy) is 1. The molecule has 1 heterocycles. The molecule has 1 amide bonds. The summed E-state index contributed by atoms with van der Waals surface area (Å²) in [5, 5.41) is 8.94. The molecule has 1 rings (SSSR count). The average Bonchev–Trinajstić information content (AvgIpc) is 2.99. The molecular weight excluding hydrogens is 541 g/mol. The van der Waals surface area contributed by atoms with E-state index in [2.05, 4.69) is 25.7 Å². The lowest BCUT2D eigenvalue weighted by atomic mass is 10.1. The highest BCUT2D eigenvalue weighted by Gasteiger charge is 2.24. The van der Waals surface area contributed by atoms with Gasteiger partial charge in [-0.05, 0) is 53.7 Å². The Hall–Kier alpha value is -1.12. The molecule has 0 fully saturated rings. The van der Waals surface area contributed by atoms with Crippen molar-refractivity contribution in [2.75, 3.05) is 26.7 Å². The Bertz CT molecular complexity index is 817. The number of alkyl carbamates (subject to hydrolysis) is 1. The molecule has 0 aliphatic carbocycles. The van der Waals surface area contributed by atoms with Gasteiger partial charge in [0.15, 0.2) is 5.96 Å². The second kappa shape index (κ2) is 12.1. The van der Waals surface area contributed by atoms with Crippen LogP contribution in [0, 0.1) is 6.92 Å². The summed E-state index contributed by atoms with van der Waals surface area (Å²) in [5.41, 5.74) is -1.15. The molecule has 9 nitrogen and oxygen atoms in total. The molecule has 0 bridgehead atoms. The van der Waals surface area contributed by atoms with E-state index in [4.69, 9.17) is 4.74 Å². The van der Waals surface area contributed by atoms with Crippen LogP contribution in [-0.2, 0) is 14.8 Å². The van der Waals surface area contributed by atoms with Crippen LogP contribution in [0.25, 0.3) is 0 Å². The number of carbonyl (C=O) groups is 1. The second-order valence-corrected chi connectivity index (χ2v) is 11.4. The smallest absolute Gasteiger partial charge is 0.408 e. The van der Waals surface area contributed by atoms with Crippen LogP contribution >= 0.6 is 35.3 Å². The lowest BCUT2D eigenvalue weighted by Gasteiger charge is -2.29. The van der Waals surface area contributed by atoms with Gasteiger partial charge < -0.3 is 20.7 Å². The zero-order valence-corrected chi connectivity index (χ0v) is 22.5. The van der Waals surface area contributed by atoms with Crippen LogP contribution in [-0.4, -0.2) is 58.3 Å². The van der Waals surface area contributed by atoms with E-state index in [1.807, 2.05) is 20.8 Å². The number of guanidine groups is 1. The molecule has 0 aliphatic heterocycles. The first kappa shape index (κ1) is 28.9. The molecule has 12 heteroatoms. The number of sulfonamides is 1. The van der Waals surface area contributed by atoms with Gasteiger partial charge in [0.05, 0.1) is 5.54 Å². The fourth-order valence-corrected chi connectivity index (χ4v) is 4.50. The largest absolute Gasteiger partial charge is 0.444 e. The maximum Gasteiger partial charge on any atom is 0.408 e. The van der Waals surface area contributed by atoms with Crippen molar-refractivity contribution >= 4 is 57.4 Å². The number of aliphatic imine (C=N–C) groups is 1. The topological polar surface area (TPSA) is 121 Å². The molecule has 0 radical (unpaired) electrons. The Balaban J connectivity index is 0.00000841. The lowest BCUT2D eigenvalue weighted by molar-refractivity contribution is 0.0474. The monoisotopic (exact) mass is 575 g/mol. The Kier molecular flexibility index (Phi) is 11.6. The fraction of sp³-hybridized carbons (Fsp3) is 0.667. The molecule has 0 aromatic carbocycles. The number of carbonyl (C=O) groups excluding carboxylic acids is 1. The summed E-state index contributed by atoms with van der Waals surface area (Å²) in [6, 6.07) is 3.37. The minimum Gasteiger partial charge on any atom is -0.444 e. The zero-order chi connectivity index (χ0) is 22.3. The SMILES string of the molecule is CN=C(NCCNS(=O)(=O)c1ccc(C)s1)NCC(C)(C)NC(=O)OC(C)(C)C.I. The van der Waals surface area contributed by atoms with E-state index in [9.17, 15) is 13.2 Å². The van der Waals surface area contributed by atoms with Crippen LogP contribution in [0.2, 0.25) is 0 Å². The quantitative estimate of drug-likeness (QED) is 0.164. The van der Waals surface area contributed by atoms with Gasteiger partial charge in [0, 0.05) is 31.6 Å². The van der Waals surface area contributed by atoms with E-state index >= 15 is 0 Å². The lowest BCUT2D eigenvalue weighted by Crippen LogP contribution is -2.54. The molecule has 30 heavy (non-hydrogen) atoms. The van der Waals surface area contributed by atoms with Crippen molar-refractivity contribution in [2.24, 2.45) is 4.99 Å². The molecule has 1 aromatic heterocycles. The van der Waals surface area contributed by atoms with E-state index in [0.717, 1.165) is 4.88 Å². The summed E-state index contributed by atoms with van der Waals surface area (Å²) in [6.07, 6.45) is -0.495. The van der Waals surface area contributed by atoms with Gasteiger partial charge in [0.2, 0.25) is 10.0 Å². The molecular formula is C18H34IN5O4S2. The Morgan fingerprint density at radius 1 is 1.13 bits per heavy atom. The van der Waals surface area contributed by atoms with Crippen molar-refractivity contribution in [3.05, 3.63) is 17.0 Å². The van der Waals surface area contributed by atoms with E-state index in [1.165, 1.54) is 11.3 Å². The Morgan fingerprint density at radius 3 is 2.27 bits per heavy atom. The van der Waals surface area contributed by atoms with Gasteiger partial charge in [-0.15, -0.1) is 35.3 Å². The first-order valence-corrected chi connectivity index (χ1v) is 11.6. The van der Waals surface area contributed by atoms with Gasteiger partial charge in [-0.2, -0.15) is 0 Å². The molecule has 4 N–H and O–H groups in total. The van der Waals surface area contributed by atoms with Gasteiger partial charge in [-0.1, -0.05) is 0 Å². The third-order valence-electron chi connectivity index (χ3n) is 3.45. The van der Waals surface area contributed by atoms with E-state index in [-0.39, 0.29) is 30.5 Å². The predicted molar refractivity (Wildman–Crippen MR) is 132 cm³/mol. The van der Waals surface area contributed by atoms with Crippen molar-refractivity contribution in [1.29, 1.82) is 0 Å². The van der Waals surface area contributed by atoms with Crippen molar-refractivity contribution in [1.82, 2.24) is 20.7 Å². The number of hydrogen-bond donors (Lipinski definition) is 4. The number of rotatable bonds is 8. The van der Waals surface area contributed by atoms with Gasteiger partial charge in [0.25, 0.3) is 0 Å². The van der Waals surface area contributed by atoms with Crippen LogP contribution in [0.4, 0.5) is 4.79 Å². The summed E-state index contributed by atoms with van der Waals surface area (Å²) < 4.78 is 32.5. The highest BCUT2D eigenvalue weighted by molar-refractivity contribution is 14.0. The van der Waals surface area contributed by atoms with E-state index in [0.29, 0.717) is 23.3 Å². The third-order valence-corrected chi connectivity index (χ3v) is 6.40. The second-order valence-electron chi connectivity index (χ2n) is 8.13. The number of thiophene rings is 1. The zero-order valence-electron chi connectivity index (χ0n) is 18.6. The summed E-state index contributed by atoms with van der Waals surface area (Å²) in [7, 11) is -1.89. The Morgan fingerprint density at radius 2 is 1.77 bits per heavy atom. The minimum atomic E-state index is -3.50. The average molecular weight is 576 g/mol. The van der Waals surface area contributed by atoms with Crippen LogP contribution in [0.1, 0.15) is 39.5 Å². The maximum absolute atomic E-state index is 12.2.